The van der Waals surface area contributed by atoms with E-state index in [4.69, 9.17) is 11.6 Å². The normalized spacial score (nSPS) is 15.7. The second-order valence-electron chi connectivity index (χ2n) is 8.22. The molecule has 33 heavy (non-hydrogen) atoms. The summed E-state index contributed by atoms with van der Waals surface area (Å²) in [6.45, 7) is 3.26. The van der Waals surface area contributed by atoms with Gasteiger partial charge in [-0.3, -0.25) is 19.3 Å². The largest absolute Gasteiger partial charge is 0.369 e. The molecule has 0 atom stereocenters. The first-order chi connectivity index (χ1) is 16.0. The number of nitrogens with zero attached hydrogens (tertiary/aromatic N) is 2. The molecule has 166 valence electrons. The van der Waals surface area contributed by atoms with E-state index in [9.17, 15) is 14.4 Å². The molecule has 5 rings (SSSR count). The Balaban J connectivity index is 1.26. The summed E-state index contributed by atoms with van der Waals surface area (Å²) in [4.78, 5) is 43.1. The highest BCUT2D eigenvalue weighted by Gasteiger charge is 2.31. The average Bonchev–Trinajstić information content (AvgIpc) is 2.83. The number of benzene rings is 3. The van der Waals surface area contributed by atoms with Gasteiger partial charge >= 0.3 is 0 Å². The van der Waals surface area contributed by atoms with Crippen molar-refractivity contribution in [2.75, 3.05) is 42.9 Å². The summed E-state index contributed by atoms with van der Waals surface area (Å²) in [6, 6.07) is 19.5. The number of fused-ring (bicyclic) bond motifs is 2. The maximum absolute atomic E-state index is 13.1. The van der Waals surface area contributed by atoms with E-state index >= 15 is 0 Å². The van der Waals surface area contributed by atoms with Gasteiger partial charge in [0.2, 0.25) is 5.91 Å². The van der Waals surface area contributed by atoms with Crippen LogP contribution in [0.2, 0.25) is 5.02 Å². The molecule has 1 amide bonds. The minimum absolute atomic E-state index is 0.201. The Hall–Kier alpha value is -3.48. The quantitative estimate of drug-likeness (QED) is 0.501. The van der Waals surface area contributed by atoms with E-state index in [1.165, 1.54) is 0 Å². The fraction of sp³-hybridized carbons (Fsp3) is 0.192. The van der Waals surface area contributed by atoms with Crippen LogP contribution in [0.3, 0.4) is 0 Å². The van der Waals surface area contributed by atoms with E-state index in [2.05, 4.69) is 15.1 Å². The molecule has 1 N–H and O–H groups in total. The van der Waals surface area contributed by atoms with Crippen molar-refractivity contribution in [3.05, 3.63) is 94.0 Å². The Morgan fingerprint density at radius 3 is 2.21 bits per heavy atom. The molecule has 7 heteroatoms. The minimum Gasteiger partial charge on any atom is -0.369 e. The van der Waals surface area contributed by atoms with Crippen LogP contribution in [0.5, 0.6) is 0 Å². The van der Waals surface area contributed by atoms with Crippen LogP contribution in [-0.4, -0.2) is 55.1 Å². The Morgan fingerprint density at radius 2 is 1.48 bits per heavy atom. The van der Waals surface area contributed by atoms with E-state index < -0.39 is 0 Å². The molecule has 1 fully saturated rings. The van der Waals surface area contributed by atoms with Gasteiger partial charge in [0.15, 0.2) is 11.6 Å². The SMILES string of the molecule is O=C(CN1CCN(c2cccc(Cl)c2)CC1)Nc1cccc2c1C(=O)c1ccccc1C2=O. The number of carbonyl (C=O) groups excluding carboxylic acids is 3. The lowest BCUT2D eigenvalue weighted by Crippen LogP contribution is -2.48. The third kappa shape index (κ3) is 4.15. The van der Waals surface area contributed by atoms with Crippen LogP contribution in [-0.2, 0) is 4.79 Å². The molecule has 1 saturated heterocycles. The van der Waals surface area contributed by atoms with Gasteiger partial charge in [-0.1, -0.05) is 54.1 Å². The summed E-state index contributed by atoms with van der Waals surface area (Å²) in [5.41, 5.74) is 2.81. The molecule has 1 heterocycles. The monoisotopic (exact) mass is 459 g/mol. The molecule has 2 aliphatic rings. The first-order valence-corrected chi connectivity index (χ1v) is 11.2. The lowest BCUT2D eigenvalue weighted by atomic mass is 9.83. The number of rotatable bonds is 4. The van der Waals surface area contributed by atoms with E-state index in [1.807, 2.05) is 24.3 Å². The topological polar surface area (TPSA) is 69.7 Å². The highest BCUT2D eigenvalue weighted by Crippen LogP contribution is 2.32. The standard InChI is InChI=1S/C26H22ClN3O3/c27-17-5-3-6-18(15-17)30-13-11-29(12-14-30)16-23(31)28-22-10-4-9-21-24(22)26(33)20-8-2-1-7-19(20)25(21)32/h1-10,15H,11-14,16H2,(H,28,31). The summed E-state index contributed by atoms with van der Waals surface area (Å²) < 4.78 is 0. The highest BCUT2D eigenvalue weighted by molar-refractivity contribution is 6.31. The molecule has 0 unspecified atom stereocenters. The Kier molecular flexibility index (Phi) is 5.70. The van der Waals surface area contributed by atoms with Crippen LogP contribution in [0, 0.1) is 0 Å². The molecule has 0 aromatic heterocycles. The van der Waals surface area contributed by atoms with Crippen molar-refractivity contribution in [3.8, 4) is 0 Å². The highest BCUT2D eigenvalue weighted by atomic mass is 35.5. The summed E-state index contributed by atoms with van der Waals surface area (Å²) in [5, 5.41) is 3.57. The summed E-state index contributed by atoms with van der Waals surface area (Å²) >= 11 is 6.10. The third-order valence-corrected chi connectivity index (χ3v) is 6.37. The van der Waals surface area contributed by atoms with Gasteiger partial charge in [-0.25, -0.2) is 0 Å². The number of nitrogens with one attached hydrogen (secondary N) is 1. The van der Waals surface area contributed by atoms with Crippen molar-refractivity contribution >= 4 is 40.4 Å². The van der Waals surface area contributed by atoms with E-state index in [0.29, 0.717) is 27.4 Å². The fourth-order valence-electron chi connectivity index (χ4n) is 4.48. The van der Waals surface area contributed by atoms with Crippen LogP contribution >= 0.6 is 11.6 Å². The summed E-state index contributed by atoms with van der Waals surface area (Å²) in [5.74, 6) is -0.654. The van der Waals surface area contributed by atoms with Crippen molar-refractivity contribution < 1.29 is 14.4 Å². The molecule has 6 nitrogen and oxygen atoms in total. The van der Waals surface area contributed by atoms with Crippen molar-refractivity contribution in [2.45, 2.75) is 0 Å². The van der Waals surface area contributed by atoms with Gasteiger partial charge in [0, 0.05) is 53.6 Å². The molecule has 0 spiro atoms. The van der Waals surface area contributed by atoms with E-state index in [1.54, 1.807) is 42.5 Å². The molecule has 0 saturated carbocycles. The third-order valence-electron chi connectivity index (χ3n) is 6.14. The molecule has 0 radical (unpaired) electrons. The molecular weight excluding hydrogens is 438 g/mol. The minimum atomic E-state index is -0.244. The second-order valence-corrected chi connectivity index (χ2v) is 8.66. The van der Waals surface area contributed by atoms with Gasteiger partial charge in [0.25, 0.3) is 0 Å². The maximum atomic E-state index is 13.1. The molecule has 1 aliphatic carbocycles. The van der Waals surface area contributed by atoms with Crippen molar-refractivity contribution in [1.29, 1.82) is 0 Å². The van der Waals surface area contributed by atoms with Crippen molar-refractivity contribution in [2.24, 2.45) is 0 Å². The molecule has 1 aliphatic heterocycles. The van der Waals surface area contributed by atoms with Crippen LogP contribution in [0.1, 0.15) is 31.8 Å². The van der Waals surface area contributed by atoms with Crippen LogP contribution in [0.25, 0.3) is 0 Å². The summed E-state index contributed by atoms with van der Waals surface area (Å²) in [6.07, 6.45) is 0. The van der Waals surface area contributed by atoms with Crippen molar-refractivity contribution in [1.82, 2.24) is 4.90 Å². The van der Waals surface area contributed by atoms with Crippen molar-refractivity contribution in [3.63, 3.8) is 0 Å². The lowest BCUT2D eigenvalue weighted by molar-refractivity contribution is -0.117. The zero-order chi connectivity index (χ0) is 22.9. The zero-order valence-corrected chi connectivity index (χ0v) is 18.6. The van der Waals surface area contributed by atoms with Gasteiger partial charge in [-0.2, -0.15) is 0 Å². The zero-order valence-electron chi connectivity index (χ0n) is 17.9. The lowest BCUT2D eigenvalue weighted by Gasteiger charge is -2.35. The van der Waals surface area contributed by atoms with Crippen LogP contribution in [0.4, 0.5) is 11.4 Å². The number of halogens is 1. The maximum Gasteiger partial charge on any atom is 0.238 e. The van der Waals surface area contributed by atoms with Gasteiger partial charge < -0.3 is 10.2 Å². The Labute approximate surface area is 196 Å². The number of hydrogen-bond acceptors (Lipinski definition) is 5. The fourth-order valence-corrected chi connectivity index (χ4v) is 4.66. The number of hydrogen-bond donors (Lipinski definition) is 1. The summed E-state index contributed by atoms with van der Waals surface area (Å²) in [7, 11) is 0. The smallest absolute Gasteiger partial charge is 0.238 e. The molecule has 3 aromatic carbocycles. The predicted molar refractivity (Wildman–Crippen MR) is 128 cm³/mol. The average molecular weight is 460 g/mol. The predicted octanol–water partition coefficient (Wildman–Crippen LogP) is 3.88. The number of anilines is 2. The van der Waals surface area contributed by atoms with E-state index in [0.717, 1.165) is 31.9 Å². The Bertz CT molecular complexity index is 1270. The first kappa shape index (κ1) is 21.4. The van der Waals surface area contributed by atoms with Gasteiger partial charge in [-0.05, 0) is 24.3 Å². The number of amides is 1. The number of piperazine rings is 1. The van der Waals surface area contributed by atoms with Gasteiger partial charge in [-0.15, -0.1) is 0 Å². The Morgan fingerprint density at radius 1 is 0.818 bits per heavy atom. The van der Waals surface area contributed by atoms with Gasteiger partial charge in [0.05, 0.1) is 17.8 Å². The number of carbonyl (C=O) groups is 3. The number of ketones is 2. The molecule has 0 bridgehead atoms. The van der Waals surface area contributed by atoms with Crippen LogP contribution in [0.15, 0.2) is 66.7 Å². The molecule has 3 aromatic rings. The first-order valence-electron chi connectivity index (χ1n) is 10.9. The van der Waals surface area contributed by atoms with E-state index in [-0.39, 0.29) is 29.6 Å². The molecular formula is C26H22ClN3O3. The van der Waals surface area contributed by atoms with Gasteiger partial charge in [0.1, 0.15) is 0 Å². The van der Waals surface area contributed by atoms with Crippen LogP contribution < -0.4 is 10.2 Å². The second kappa shape index (κ2) is 8.81.